The van der Waals surface area contributed by atoms with Crippen LogP contribution in [0.1, 0.15) is 53.4 Å². The summed E-state index contributed by atoms with van der Waals surface area (Å²) in [5.74, 6) is -0.607. The van der Waals surface area contributed by atoms with Crippen LogP contribution in [-0.2, 0) is 4.79 Å². The molecular weight excluding hydrogens is 232 g/mol. The molecule has 2 amide bonds. The van der Waals surface area contributed by atoms with Crippen molar-refractivity contribution < 1.29 is 14.7 Å². The van der Waals surface area contributed by atoms with E-state index in [-0.39, 0.29) is 6.04 Å². The van der Waals surface area contributed by atoms with Gasteiger partial charge in [-0.15, -0.1) is 0 Å². The highest BCUT2D eigenvalue weighted by atomic mass is 16.4. The number of carboxylic acids is 1. The molecule has 0 fully saturated rings. The number of rotatable bonds is 8. The van der Waals surface area contributed by atoms with Crippen LogP contribution in [0.2, 0.25) is 0 Å². The molecule has 0 rings (SSSR count). The first-order valence-corrected chi connectivity index (χ1v) is 6.72. The van der Waals surface area contributed by atoms with Gasteiger partial charge in [0.15, 0.2) is 0 Å². The summed E-state index contributed by atoms with van der Waals surface area (Å²) in [4.78, 5) is 22.6. The van der Waals surface area contributed by atoms with Gasteiger partial charge in [-0.3, -0.25) is 0 Å². The molecule has 5 nitrogen and oxygen atoms in total. The standard InChI is InChI=1S/C13H26N2O3/c1-5-7-8-11(12(16)17)15-13(18)14-10(4)9(3)6-2/h9-11H,5-8H2,1-4H3,(H,16,17)(H2,14,15,18)/t9?,10?,11-/m0/s1. The molecule has 0 heterocycles. The van der Waals surface area contributed by atoms with Crippen LogP contribution < -0.4 is 10.6 Å². The zero-order valence-corrected chi connectivity index (χ0v) is 11.8. The van der Waals surface area contributed by atoms with Gasteiger partial charge in [-0.05, 0) is 19.3 Å². The number of unbranched alkanes of at least 4 members (excludes halogenated alkanes) is 1. The molecule has 106 valence electrons. The van der Waals surface area contributed by atoms with E-state index in [4.69, 9.17) is 5.11 Å². The Morgan fingerprint density at radius 3 is 2.22 bits per heavy atom. The third kappa shape index (κ3) is 6.47. The van der Waals surface area contributed by atoms with Crippen molar-refractivity contribution in [3.8, 4) is 0 Å². The predicted octanol–water partition coefficient (Wildman–Crippen LogP) is 2.36. The van der Waals surface area contributed by atoms with Gasteiger partial charge in [-0.25, -0.2) is 9.59 Å². The summed E-state index contributed by atoms with van der Waals surface area (Å²) in [6.07, 6.45) is 3.14. The van der Waals surface area contributed by atoms with Crippen molar-refractivity contribution in [2.24, 2.45) is 5.92 Å². The zero-order valence-electron chi connectivity index (χ0n) is 11.8. The van der Waals surface area contributed by atoms with Crippen molar-refractivity contribution in [3.05, 3.63) is 0 Å². The number of nitrogens with one attached hydrogen (secondary N) is 2. The lowest BCUT2D eigenvalue weighted by Gasteiger charge is -2.22. The summed E-state index contributed by atoms with van der Waals surface area (Å²) in [7, 11) is 0. The second-order valence-electron chi connectivity index (χ2n) is 4.83. The first-order chi connectivity index (χ1) is 8.42. The Labute approximate surface area is 109 Å². The molecule has 3 N–H and O–H groups in total. The van der Waals surface area contributed by atoms with Crippen LogP contribution in [0.3, 0.4) is 0 Å². The van der Waals surface area contributed by atoms with Gasteiger partial charge >= 0.3 is 12.0 Å². The van der Waals surface area contributed by atoms with Crippen molar-refractivity contribution >= 4 is 12.0 Å². The SMILES string of the molecule is CCCC[C@H](NC(=O)NC(C)C(C)CC)C(=O)O. The highest BCUT2D eigenvalue weighted by molar-refractivity contribution is 5.82. The van der Waals surface area contributed by atoms with Gasteiger partial charge in [-0.2, -0.15) is 0 Å². The topological polar surface area (TPSA) is 78.4 Å². The lowest BCUT2D eigenvalue weighted by Crippen LogP contribution is -2.49. The Balaban J connectivity index is 4.21. The molecule has 0 radical (unpaired) electrons. The summed E-state index contributed by atoms with van der Waals surface area (Å²) in [5, 5.41) is 14.3. The fraction of sp³-hybridized carbons (Fsp3) is 0.846. The van der Waals surface area contributed by atoms with Crippen molar-refractivity contribution in [2.75, 3.05) is 0 Å². The quantitative estimate of drug-likeness (QED) is 0.625. The van der Waals surface area contributed by atoms with Crippen LogP contribution in [-0.4, -0.2) is 29.2 Å². The zero-order chi connectivity index (χ0) is 14.1. The fourth-order valence-electron chi connectivity index (χ4n) is 1.57. The summed E-state index contributed by atoms with van der Waals surface area (Å²) >= 11 is 0. The molecule has 0 saturated heterocycles. The maximum Gasteiger partial charge on any atom is 0.326 e. The molecule has 0 aliphatic rings. The molecule has 0 saturated carbocycles. The number of carbonyl (C=O) groups is 2. The summed E-state index contributed by atoms with van der Waals surface area (Å²) in [5.41, 5.74) is 0. The molecule has 0 bridgehead atoms. The van der Waals surface area contributed by atoms with Gasteiger partial charge in [0.25, 0.3) is 0 Å². The molecule has 2 unspecified atom stereocenters. The molecule has 0 aliphatic carbocycles. The molecule has 0 aromatic heterocycles. The van der Waals surface area contributed by atoms with E-state index >= 15 is 0 Å². The number of hydrogen-bond acceptors (Lipinski definition) is 2. The number of amides is 2. The van der Waals surface area contributed by atoms with E-state index in [1.807, 2.05) is 13.8 Å². The lowest BCUT2D eigenvalue weighted by atomic mass is 10.0. The molecule has 0 spiro atoms. The maximum atomic E-state index is 11.7. The average molecular weight is 258 g/mol. The Morgan fingerprint density at radius 2 is 1.78 bits per heavy atom. The highest BCUT2D eigenvalue weighted by Gasteiger charge is 2.20. The van der Waals surface area contributed by atoms with Crippen LogP contribution in [0.5, 0.6) is 0 Å². The highest BCUT2D eigenvalue weighted by Crippen LogP contribution is 2.06. The van der Waals surface area contributed by atoms with Gasteiger partial charge in [0.2, 0.25) is 0 Å². The smallest absolute Gasteiger partial charge is 0.326 e. The second-order valence-corrected chi connectivity index (χ2v) is 4.83. The molecule has 18 heavy (non-hydrogen) atoms. The van der Waals surface area contributed by atoms with E-state index < -0.39 is 18.0 Å². The monoisotopic (exact) mass is 258 g/mol. The van der Waals surface area contributed by atoms with E-state index in [0.717, 1.165) is 19.3 Å². The summed E-state index contributed by atoms with van der Waals surface area (Å²) in [6, 6.07) is -1.16. The first kappa shape index (κ1) is 16.7. The molecule has 5 heteroatoms. The minimum atomic E-state index is -0.977. The van der Waals surface area contributed by atoms with Crippen LogP contribution >= 0.6 is 0 Å². The Kier molecular flexibility index (Phi) is 8.16. The molecular formula is C13H26N2O3. The third-order valence-electron chi connectivity index (χ3n) is 3.31. The van der Waals surface area contributed by atoms with E-state index in [2.05, 4.69) is 24.5 Å². The van der Waals surface area contributed by atoms with Crippen LogP contribution in [0.4, 0.5) is 4.79 Å². The Bertz CT molecular complexity index is 269. The average Bonchev–Trinajstić information content (AvgIpc) is 2.32. The van der Waals surface area contributed by atoms with Gasteiger partial charge in [0.05, 0.1) is 0 Å². The number of carbonyl (C=O) groups excluding carboxylic acids is 1. The van der Waals surface area contributed by atoms with E-state index in [0.29, 0.717) is 12.3 Å². The van der Waals surface area contributed by atoms with Crippen molar-refractivity contribution in [1.29, 1.82) is 0 Å². The number of hydrogen-bond donors (Lipinski definition) is 3. The lowest BCUT2D eigenvalue weighted by molar-refractivity contribution is -0.139. The minimum absolute atomic E-state index is 0.0376. The molecule has 0 aliphatic heterocycles. The number of carboxylic acid groups (broad SMARTS) is 1. The van der Waals surface area contributed by atoms with Crippen LogP contribution in [0, 0.1) is 5.92 Å². The van der Waals surface area contributed by atoms with Crippen molar-refractivity contribution in [3.63, 3.8) is 0 Å². The summed E-state index contributed by atoms with van der Waals surface area (Å²) < 4.78 is 0. The fourth-order valence-corrected chi connectivity index (χ4v) is 1.57. The number of aliphatic carboxylic acids is 1. The number of urea groups is 1. The Morgan fingerprint density at radius 1 is 1.17 bits per heavy atom. The predicted molar refractivity (Wildman–Crippen MR) is 71.5 cm³/mol. The van der Waals surface area contributed by atoms with E-state index in [1.54, 1.807) is 0 Å². The molecule has 0 aromatic rings. The molecule has 3 atom stereocenters. The molecule has 0 aromatic carbocycles. The maximum absolute atomic E-state index is 11.7. The van der Waals surface area contributed by atoms with Crippen LogP contribution in [0.25, 0.3) is 0 Å². The first-order valence-electron chi connectivity index (χ1n) is 6.72. The van der Waals surface area contributed by atoms with Crippen LogP contribution in [0.15, 0.2) is 0 Å². The van der Waals surface area contributed by atoms with Crippen molar-refractivity contribution in [1.82, 2.24) is 10.6 Å². The Hall–Kier alpha value is -1.26. The normalized spacial score (nSPS) is 15.6. The van der Waals surface area contributed by atoms with Crippen molar-refractivity contribution in [2.45, 2.75) is 65.5 Å². The van der Waals surface area contributed by atoms with Gasteiger partial charge in [0.1, 0.15) is 6.04 Å². The van der Waals surface area contributed by atoms with E-state index in [9.17, 15) is 9.59 Å². The second kappa shape index (κ2) is 8.78. The van der Waals surface area contributed by atoms with Gasteiger partial charge in [0, 0.05) is 6.04 Å². The van der Waals surface area contributed by atoms with Gasteiger partial charge in [-0.1, -0.05) is 40.0 Å². The van der Waals surface area contributed by atoms with E-state index in [1.165, 1.54) is 0 Å². The minimum Gasteiger partial charge on any atom is -0.480 e. The van der Waals surface area contributed by atoms with Gasteiger partial charge < -0.3 is 15.7 Å². The largest absolute Gasteiger partial charge is 0.480 e. The third-order valence-corrected chi connectivity index (χ3v) is 3.31. The summed E-state index contributed by atoms with van der Waals surface area (Å²) in [6.45, 7) is 8.03.